The minimum atomic E-state index is -0.957. The molecule has 1 N–H and O–H groups in total. The van der Waals surface area contributed by atoms with E-state index in [9.17, 15) is 9.90 Å². The molecule has 1 heterocycles. The van der Waals surface area contributed by atoms with Gasteiger partial charge in [-0.2, -0.15) is 0 Å². The summed E-state index contributed by atoms with van der Waals surface area (Å²) < 4.78 is 1.95. The molecule has 0 bridgehead atoms. The second-order valence-electron chi connectivity index (χ2n) is 6.07. The Balaban J connectivity index is 2.20. The fourth-order valence-electron chi connectivity index (χ4n) is 2.86. The molecule has 0 amide bonds. The predicted octanol–water partition coefficient (Wildman–Crippen LogP) is 4.50. The Morgan fingerprint density at radius 2 is 1.52 bits per heavy atom. The van der Waals surface area contributed by atoms with E-state index in [1.165, 1.54) is 5.56 Å². The van der Waals surface area contributed by atoms with E-state index < -0.39 is 5.97 Å². The fraction of sp³-hybridized carbons (Fsp3) is 0.136. The van der Waals surface area contributed by atoms with Gasteiger partial charge in [0.25, 0.3) is 0 Å². The van der Waals surface area contributed by atoms with E-state index in [1.54, 1.807) is 12.1 Å². The normalized spacial score (nSPS) is 10.2. The average molecular weight is 329 g/mol. The molecule has 25 heavy (non-hydrogen) atoms. The van der Waals surface area contributed by atoms with E-state index in [-0.39, 0.29) is 5.56 Å². The molecule has 3 rings (SSSR count). The van der Waals surface area contributed by atoms with Crippen molar-refractivity contribution in [2.45, 2.75) is 20.8 Å². The summed E-state index contributed by atoms with van der Waals surface area (Å²) in [6, 6.07) is 17.1. The number of benzene rings is 2. The Bertz CT molecular complexity index is 979. The van der Waals surface area contributed by atoms with Gasteiger partial charge in [-0.1, -0.05) is 35.6 Å². The SMILES string of the molecule is Cc1ccc(C#Cc2cccc(C(=O)O)c2-n2c(C)ccc2C)cc1. The monoisotopic (exact) mass is 329 g/mol. The maximum Gasteiger partial charge on any atom is 0.337 e. The summed E-state index contributed by atoms with van der Waals surface area (Å²) in [5.74, 6) is 5.34. The lowest BCUT2D eigenvalue weighted by molar-refractivity contribution is 0.0697. The molecule has 0 fully saturated rings. The van der Waals surface area contributed by atoms with Gasteiger partial charge in [0.1, 0.15) is 0 Å². The predicted molar refractivity (Wildman–Crippen MR) is 99.4 cm³/mol. The van der Waals surface area contributed by atoms with Gasteiger partial charge >= 0.3 is 5.97 Å². The lowest BCUT2D eigenvalue weighted by Gasteiger charge is -2.14. The lowest BCUT2D eigenvalue weighted by atomic mass is 10.1. The molecule has 0 aliphatic heterocycles. The van der Waals surface area contributed by atoms with Gasteiger partial charge in [-0.05, 0) is 57.2 Å². The number of aryl methyl sites for hydroxylation is 3. The number of carbonyl (C=O) groups is 1. The lowest BCUT2D eigenvalue weighted by Crippen LogP contribution is -2.10. The quantitative estimate of drug-likeness (QED) is 0.703. The summed E-state index contributed by atoms with van der Waals surface area (Å²) in [7, 11) is 0. The largest absolute Gasteiger partial charge is 0.478 e. The first kappa shape index (κ1) is 16.6. The van der Waals surface area contributed by atoms with Crippen molar-refractivity contribution in [2.75, 3.05) is 0 Å². The minimum absolute atomic E-state index is 0.248. The van der Waals surface area contributed by atoms with Crippen molar-refractivity contribution in [3.05, 3.63) is 88.2 Å². The van der Waals surface area contributed by atoms with Crippen LogP contribution in [0.1, 0.15) is 38.4 Å². The van der Waals surface area contributed by atoms with E-state index in [2.05, 4.69) is 11.8 Å². The van der Waals surface area contributed by atoms with Crippen molar-refractivity contribution in [1.29, 1.82) is 0 Å². The van der Waals surface area contributed by atoms with Crippen LogP contribution in [-0.2, 0) is 0 Å². The van der Waals surface area contributed by atoms with Gasteiger partial charge in [-0.25, -0.2) is 4.79 Å². The van der Waals surface area contributed by atoms with Gasteiger partial charge in [-0.3, -0.25) is 0 Å². The molecule has 0 saturated carbocycles. The second-order valence-corrected chi connectivity index (χ2v) is 6.07. The topological polar surface area (TPSA) is 42.2 Å². The molecule has 0 aliphatic carbocycles. The van der Waals surface area contributed by atoms with E-state index in [1.807, 2.05) is 67.8 Å². The van der Waals surface area contributed by atoms with Gasteiger partial charge in [0.2, 0.25) is 0 Å². The van der Waals surface area contributed by atoms with E-state index in [0.29, 0.717) is 11.3 Å². The molecule has 3 aromatic rings. The zero-order valence-corrected chi connectivity index (χ0v) is 14.5. The van der Waals surface area contributed by atoms with Crippen LogP contribution in [0.15, 0.2) is 54.6 Å². The van der Waals surface area contributed by atoms with Crippen molar-refractivity contribution in [1.82, 2.24) is 4.57 Å². The number of carboxylic acid groups (broad SMARTS) is 1. The highest BCUT2D eigenvalue weighted by Gasteiger charge is 2.17. The molecule has 0 atom stereocenters. The molecule has 0 unspecified atom stereocenters. The van der Waals surface area contributed by atoms with Crippen molar-refractivity contribution in [2.24, 2.45) is 0 Å². The summed E-state index contributed by atoms with van der Waals surface area (Å²) in [6.07, 6.45) is 0. The number of hydrogen-bond donors (Lipinski definition) is 1. The molecule has 0 radical (unpaired) electrons. The van der Waals surface area contributed by atoms with Crippen molar-refractivity contribution in [3.63, 3.8) is 0 Å². The first-order valence-electron chi connectivity index (χ1n) is 8.07. The summed E-state index contributed by atoms with van der Waals surface area (Å²) in [5, 5.41) is 9.62. The molecule has 2 aromatic carbocycles. The van der Waals surface area contributed by atoms with Crippen LogP contribution in [-0.4, -0.2) is 15.6 Å². The molecule has 124 valence electrons. The van der Waals surface area contributed by atoms with E-state index >= 15 is 0 Å². The van der Waals surface area contributed by atoms with Crippen LogP contribution in [0.2, 0.25) is 0 Å². The number of para-hydroxylation sites is 1. The van der Waals surface area contributed by atoms with E-state index in [4.69, 9.17) is 0 Å². The standard InChI is InChI=1S/C22H19NO2/c1-15-7-11-18(12-8-15)13-14-19-5-4-6-20(22(24)25)21(19)23-16(2)9-10-17(23)3/h4-12H,1-3H3,(H,24,25). The third kappa shape index (κ3) is 3.34. The van der Waals surface area contributed by atoms with Gasteiger partial charge in [0.15, 0.2) is 0 Å². The van der Waals surface area contributed by atoms with Crippen LogP contribution in [0.5, 0.6) is 0 Å². The molecule has 1 aromatic heterocycles. The zero-order valence-electron chi connectivity index (χ0n) is 14.5. The Morgan fingerprint density at radius 3 is 2.12 bits per heavy atom. The van der Waals surface area contributed by atoms with E-state index in [0.717, 1.165) is 17.0 Å². The summed E-state index contributed by atoms with van der Waals surface area (Å²) in [4.78, 5) is 11.7. The van der Waals surface area contributed by atoms with Crippen LogP contribution >= 0.6 is 0 Å². The van der Waals surface area contributed by atoms with Gasteiger partial charge < -0.3 is 9.67 Å². The number of hydrogen-bond acceptors (Lipinski definition) is 1. The molecule has 0 spiro atoms. The summed E-state index contributed by atoms with van der Waals surface area (Å²) >= 11 is 0. The van der Waals surface area contributed by atoms with Crippen LogP contribution in [0, 0.1) is 32.6 Å². The van der Waals surface area contributed by atoms with Gasteiger partial charge in [0, 0.05) is 22.5 Å². The number of carboxylic acids is 1. The summed E-state index contributed by atoms with van der Waals surface area (Å²) in [6.45, 7) is 5.95. The Kier molecular flexibility index (Phi) is 4.45. The average Bonchev–Trinajstić information content (AvgIpc) is 2.92. The number of aromatic carboxylic acids is 1. The Hall–Kier alpha value is -3.25. The van der Waals surface area contributed by atoms with Gasteiger partial charge in [-0.15, -0.1) is 0 Å². The van der Waals surface area contributed by atoms with Crippen LogP contribution in [0.4, 0.5) is 0 Å². The highest BCUT2D eigenvalue weighted by atomic mass is 16.4. The molecular weight excluding hydrogens is 310 g/mol. The maximum atomic E-state index is 11.7. The minimum Gasteiger partial charge on any atom is -0.478 e. The summed E-state index contributed by atoms with van der Waals surface area (Å²) in [5.41, 5.74) is 5.60. The van der Waals surface area contributed by atoms with Crippen LogP contribution in [0.25, 0.3) is 5.69 Å². The highest BCUT2D eigenvalue weighted by molar-refractivity contribution is 5.93. The number of rotatable bonds is 2. The van der Waals surface area contributed by atoms with Crippen LogP contribution < -0.4 is 0 Å². The second kappa shape index (κ2) is 6.70. The third-order valence-electron chi connectivity index (χ3n) is 4.15. The third-order valence-corrected chi connectivity index (χ3v) is 4.15. The van der Waals surface area contributed by atoms with Gasteiger partial charge in [0.05, 0.1) is 11.3 Å². The number of aromatic nitrogens is 1. The Labute approximate surface area is 147 Å². The fourth-order valence-corrected chi connectivity index (χ4v) is 2.86. The highest BCUT2D eigenvalue weighted by Crippen LogP contribution is 2.24. The molecule has 0 saturated heterocycles. The van der Waals surface area contributed by atoms with Crippen molar-refractivity contribution >= 4 is 5.97 Å². The zero-order chi connectivity index (χ0) is 18.0. The Morgan fingerprint density at radius 1 is 0.880 bits per heavy atom. The maximum absolute atomic E-state index is 11.7. The van der Waals surface area contributed by atoms with Crippen molar-refractivity contribution < 1.29 is 9.90 Å². The van der Waals surface area contributed by atoms with Crippen LogP contribution in [0.3, 0.4) is 0 Å². The molecule has 3 nitrogen and oxygen atoms in total. The first-order chi connectivity index (χ1) is 12.0. The molecule has 0 aliphatic rings. The smallest absolute Gasteiger partial charge is 0.337 e. The first-order valence-corrected chi connectivity index (χ1v) is 8.07. The van der Waals surface area contributed by atoms with Crippen molar-refractivity contribution in [3.8, 4) is 17.5 Å². The number of nitrogens with zero attached hydrogens (tertiary/aromatic N) is 1. The molecule has 3 heteroatoms. The molecular formula is C22H19NO2.